The predicted molar refractivity (Wildman–Crippen MR) is 153 cm³/mol. The minimum Gasteiger partial charge on any atom is -0.507 e. The number of hydrogen-bond acceptors (Lipinski definition) is 4. The minimum atomic E-state index is 0.276. The van der Waals surface area contributed by atoms with Crippen molar-refractivity contribution in [2.24, 2.45) is 9.98 Å². The average Bonchev–Trinajstić information content (AvgIpc) is 2.87. The fraction of sp³-hybridized carbons (Fsp3) is 0.562. The summed E-state index contributed by atoms with van der Waals surface area (Å²) in [6.45, 7) is 8.67. The monoisotopic (exact) mass is 490 g/mol. The molecule has 1 fully saturated rings. The van der Waals surface area contributed by atoms with E-state index >= 15 is 0 Å². The number of rotatable bonds is 12. The van der Waals surface area contributed by atoms with Crippen LogP contribution < -0.4 is 0 Å². The maximum atomic E-state index is 10.8. The lowest BCUT2D eigenvalue weighted by molar-refractivity contribution is 0.399. The molecule has 4 nitrogen and oxygen atoms in total. The fourth-order valence-corrected chi connectivity index (χ4v) is 5.29. The van der Waals surface area contributed by atoms with Crippen LogP contribution in [0.3, 0.4) is 0 Å². The van der Waals surface area contributed by atoms with Gasteiger partial charge in [0.2, 0.25) is 0 Å². The first-order valence-electron chi connectivity index (χ1n) is 14.2. The second-order valence-electron chi connectivity index (χ2n) is 10.4. The summed E-state index contributed by atoms with van der Waals surface area (Å²) in [5.74, 6) is 0.789. The van der Waals surface area contributed by atoms with Gasteiger partial charge in [-0.05, 0) is 85.8 Å². The Balaban J connectivity index is 1.64. The molecule has 0 spiro atoms. The molecular weight excluding hydrogens is 444 g/mol. The lowest BCUT2D eigenvalue weighted by Gasteiger charge is -2.23. The standard InChI is InChI=1S/C32H46N2O2/c1-5-9-23-17-25(11-7-3)31(35)27(19-23)21-33-29-13-15-30(16-14-29)34-22-28-20-24(10-6-2)18-26(12-8-4)32(28)36/h17-22,29-30,35-36H,5-16H2,1-4H3. The molecule has 0 amide bonds. The van der Waals surface area contributed by atoms with Gasteiger partial charge in [-0.1, -0.05) is 65.5 Å². The molecule has 4 heteroatoms. The zero-order chi connectivity index (χ0) is 25.9. The van der Waals surface area contributed by atoms with Crippen molar-refractivity contribution in [2.75, 3.05) is 0 Å². The van der Waals surface area contributed by atoms with E-state index in [1.807, 2.05) is 12.4 Å². The van der Waals surface area contributed by atoms with Crippen LogP contribution in [-0.4, -0.2) is 34.7 Å². The third-order valence-corrected chi connectivity index (χ3v) is 7.19. The summed E-state index contributed by atoms with van der Waals surface area (Å²) in [7, 11) is 0. The average molecular weight is 491 g/mol. The van der Waals surface area contributed by atoms with Gasteiger partial charge in [0.05, 0.1) is 12.1 Å². The van der Waals surface area contributed by atoms with Gasteiger partial charge in [0, 0.05) is 23.6 Å². The number of aliphatic imine (C=N–C) groups is 2. The fourth-order valence-electron chi connectivity index (χ4n) is 5.29. The van der Waals surface area contributed by atoms with E-state index in [0.717, 1.165) is 99.3 Å². The normalized spacial score (nSPS) is 18.4. The number of nitrogens with zero attached hydrogens (tertiary/aromatic N) is 2. The lowest BCUT2D eigenvalue weighted by atomic mass is 9.91. The van der Waals surface area contributed by atoms with Gasteiger partial charge in [-0.2, -0.15) is 0 Å². The number of phenolic OH excluding ortho intramolecular Hbond substituents is 2. The Morgan fingerprint density at radius 1 is 0.611 bits per heavy atom. The number of phenols is 2. The van der Waals surface area contributed by atoms with Crippen LogP contribution in [0, 0.1) is 0 Å². The number of benzene rings is 2. The van der Waals surface area contributed by atoms with E-state index in [4.69, 9.17) is 9.98 Å². The summed E-state index contributed by atoms with van der Waals surface area (Å²) in [4.78, 5) is 9.74. The summed E-state index contributed by atoms with van der Waals surface area (Å²) in [6.07, 6.45) is 15.9. The van der Waals surface area contributed by atoms with E-state index in [-0.39, 0.29) is 12.1 Å². The van der Waals surface area contributed by atoms with Crippen molar-refractivity contribution in [2.45, 2.75) is 117 Å². The first-order valence-corrected chi connectivity index (χ1v) is 14.2. The molecule has 0 radical (unpaired) electrons. The molecule has 2 N–H and O–H groups in total. The highest BCUT2D eigenvalue weighted by atomic mass is 16.3. The molecule has 0 unspecified atom stereocenters. The maximum absolute atomic E-state index is 10.8. The molecule has 0 bridgehead atoms. The molecule has 0 aliphatic heterocycles. The van der Waals surface area contributed by atoms with Crippen LogP contribution in [0.2, 0.25) is 0 Å². The predicted octanol–water partition coefficient (Wildman–Crippen LogP) is 7.76. The molecule has 3 rings (SSSR count). The van der Waals surface area contributed by atoms with Crippen molar-refractivity contribution in [1.29, 1.82) is 0 Å². The van der Waals surface area contributed by atoms with Crippen LogP contribution in [0.25, 0.3) is 0 Å². The lowest BCUT2D eigenvalue weighted by Crippen LogP contribution is -2.20. The Labute approximate surface area is 218 Å². The van der Waals surface area contributed by atoms with Gasteiger partial charge in [0.15, 0.2) is 0 Å². The Bertz CT molecular complexity index is 949. The van der Waals surface area contributed by atoms with Gasteiger partial charge in [0.25, 0.3) is 0 Å². The van der Waals surface area contributed by atoms with Crippen molar-refractivity contribution in [3.05, 3.63) is 57.6 Å². The summed E-state index contributed by atoms with van der Waals surface area (Å²) in [5.41, 5.74) is 6.36. The first-order chi connectivity index (χ1) is 17.5. The van der Waals surface area contributed by atoms with Crippen molar-refractivity contribution >= 4 is 12.4 Å². The van der Waals surface area contributed by atoms with Gasteiger partial charge >= 0.3 is 0 Å². The smallest absolute Gasteiger partial charge is 0.127 e. The van der Waals surface area contributed by atoms with E-state index in [9.17, 15) is 10.2 Å². The van der Waals surface area contributed by atoms with Crippen molar-refractivity contribution in [1.82, 2.24) is 0 Å². The van der Waals surface area contributed by atoms with Crippen LogP contribution in [0.15, 0.2) is 34.3 Å². The zero-order valence-corrected chi connectivity index (χ0v) is 22.9. The van der Waals surface area contributed by atoms with E-state index < -0.39 is 0 Å². The minimum absolute atomic E-state index is 0.276. The van der Waals surface area contributed by atoms with E-state index in [1.165, 1.54) is 11.1 Å². The van der Waals surface area contributed by atoms with Gasteiger partial charge in [0.1, 0.15) is 11.5 Å². The largest absolute Gasteiger partial charge is 0.507 e. The van der Waals surface area contributed by atoms with Gasteiger partial charge in [-0.25, -0.2) is 0 Å². The molecule has 0 aromatic heterocycles. The topological polar surface area (TPSA) is 65.2 Å². The Hall–Kier alpha value is -2.62. The summed E-state index contributed by atoms with van der Waals surface area (Å²) in [6, 6.07) is 9.07. The molecular formula is C32H46N2O2. The zero-order valence-electron chi connectivity index (χ0n) is 22.9. The van der Waals surface area contributed by atoms with Gasteiger partial charge < -0.3 is 10.2 Å². The summed E-state index contributed by atoms with van der Waals surface area (Å²) < 4.78 is 0. The van der Waals surface area contributed by atoms with Crippen LogP contribution in [-0.2, 0) is 25.7 Å². The van der Waals surface area contributed by atoms with Crippen LogP contribution in [0.1, 0.15) is 112 Å². The Kier molecular flexibility index (Phi) is 11.0. The SMILES string of the molecule is CCCc1cc(C=NC2CCC(N=Cc3cc(CCC)cc(CCC)c3O)CC2)c(O)c(CCC)c1. The molecule has 1 aliphatic rings. The molecule has 0 atom stereocenters. The third kappa shape index (κ3) is 7.69. The third-order valence-electron chi connectivity index (χ3n) is 7.19. The molecule has 0 saturated heterocycles. The van der Waals surface area contributed by atoms with Crippen molar-refractivity contribution < 1.29 is 10.2 Å². The number of aryl methyl sites for hydroxylation is 4. The number of hydrogen-bond donors (Lipinski definition) is 2. The van der Waals surface area contributed by atoms with Gasteiger partial charge in [-0.3, -0.25) is 9.98 Å². The summed E-state index contributed by atoms with van der Waals surface area (Å²) >= 11 is 0. The first kappa shape index (κ1) is 28.0. The number of aromatic hydroxyl groups is 2. The van der Waals surface area contributed by atoms with Gasteiger partial charge in [-0.15, -0.1) is 0 Å². The van der Waals surface area contributed by atoms with Crippen LogP contribution >= 0.6 is 0 Å². The maximum Gasteiger partial charge on any atom is 0.127 e. The summed E-state index contributed by atoms with van der Waals surface area (Å²) in [5, 5.41) is 21.5. The van der Waals surface area contributed by atoms with Crippen molar-refractivity contribution in [3.8, 4) is 11.5 Å². The molecule has 196 valence electrons. The highest BCUT2D eigenvalue weighted by Gasteiger charge is 2.20. The molecule has 36 heavy (non-hydrogen) atoms. The second-order valence-corrected chi connectivity index (χ2v) is 10.4. The highest BCUT2D eigenvalue weighted by Crippen LogP contribution is 2.29. The molecule has 1 saturated carbocycles. The van der Waals surface area contributed by atoms with E-state index in [1.54, 1.807) is 0 Å². The van der Waals surface area contributed by atoms with E-state index in [2.05, 4.69) is 52.0 Å². The Morgan fingerprint density at radius 2 is 0.972 bits per heavy atom. The van der Waals surface area contributed by atoms with E-state index in [0.29, 0.717) is 11.5 Å². The quantitative estimate of drug-likeness (QED) is 0.299. The highest BCUT2D eigenvalue weighted by molar-refractivity contribution is 5.85. The van der Waals surface area contributed by atoms with Crippen LogP contribution in [0.4, 0.5) is 0 Å². The molecule has 2 aromatic carbocycles. The second kappa shape index (κ2) is 14.2. The molecule has 0 heterocycles. The molecule has 2 aromatic rings. The molecule has 1 aliphatic carbocycles. The van der Waals surface area contributed by atoms with Crippen LogP contribution in [0.5, 0.6) is 11.5 Å². The Morgan fingerprint density at radius 3 is 1.31 bits per heavy atom. The van der Waals surface area contributed by atoms with Crippen molar-refractivity contribution in [3.63, 3.8) is 0 Å².